The Morgan fingerprint density at radius 1 is 1.15 bits per heavy atom. The van der Waals surface area contributed by atoms with E-state index in [1.54, 1.807) is 20.4 Å². The van der Waals surface area contributed by atoms with E-state index in [0.29, 0.717) is 17.4 Å². The van der Waals surface area contributed by atoms with Crippen molar-refractivity contribution in [2.75, 3.05) is 27.3 Å². The molecule has 1 aromatic heterocycles. The van der Waals surface area contributed by atoms with Gasteiger partial charge in [0.25, 0.3) is 0 Å². The molecule has 0 amide bonds. The summed E-state index contributed by atoms with van der Waals surface area (Å²) in [7, 11) is 3.24. The standard InChI is InChI=1S/C19H26N2O3.2ClH/c1-23-17-11-14-7-10-21-19(15(14)12-18(17)24-2)16(22)4-3-13-5-8-20-9-6-13;;/h7,10-13,16,20,22H,3-6,8-9H2,1-2H3;2*1H. The van der Waals surface area contributed by atoms with E-state index in [2.05, 4.69) is 10.3 Å². The first-order valence-electron chi connectivity index (χ1n) is 8.62. The number of aliphatic hydroxyl groups is 1. The molecule has 0 bridgehead atoms. The van der Waals surface area contributed by atoms with Crippen LogP contribution in [0.25, 0.3) is 10.8 Å². The van der Waals surface area contributed by atoms with Gasteiger partial charge in [-0.15, -0.1) is 24.8 Å². The fourth-order valence-corrected chi connectivity index (χ4v) is 3.49. The molecule has 1 unspecified atom stereocenters. The molecule has 26 heavy (non-hydrogen) atoms. The van der Waals surface area contributed by atoms with E-state index in [4.69, 9.17) is 9.47 Å². The van der Waals surface area contributed by atoms with Crippen LogP contribution in [-0.4, -0.2) is 37.4 Å². The lowest BCUT2D eigenvalue weighted by atomic mass is 9.91. The second-order valence-corrected chi connectivity index (χ2v) is 6.41. The molecular formula is C19H28Cl2N2O3. The number of hydrogen-bond acceptors (Lipinski definition) is 5. The van der Waals surface area contributed by atoms with Gasteiger partial charge in [-0.05, 0) is 68.3 Å². The highest BCUT2D eigenvalue weighted by Crippen LogP contribution is 2.35. The van der Waals surface area contributed by atoms with Crippen LogP contribution in [-0.2, 0) is 0 Å². The minimum absolute atomic E-state index is 0. The van der Waals surface area contributed by atoms with E-state index in [0.717, 1.165) is 42.4 Å². The Morgan fingerprint density at radius 2 is 1.81 bits per heavy atom. The lowest BCUT2D eigenvalue weighted by Gasteiger charge is -2.23. The molecule has 3 rings (SSSR count). The second-order valence-electron chi connectivity index (χ2n) is 6.41. The molecule has 1 aromatic carbocycles. The average molecular weight is 403 g/mol. The number of aliphatic hydroxyl groups excluding tert-OH is 1. The van der Waals surface area contributed by atoms with Crippen LogP contribution >= 0.6 is 24.8 Å². The Hall–Kier alpha value is -1.27. The molecule has 1 aliphatic rings. The number of piperidine rings is 1. The van der Waals surface area contributed by atoms with Crippen LogP contribution < -0.4 is 14.8 Å². The molecule has 1 aliphatic heterocycles. The maximum absolute atomic E-state index is 10.7. The van der Waals surface area contributed by atoms with Gasteiger partial charge in [0.15, 0.2) is 11.5 Å². The highest BCUT2D eigenvalue weighted by atomic mass is 35.5. The molecule has 0 spiro atoms. The van der Waals surface area contributed by atoms with Gasteiger partial charge in [0.2, 0.25) is 0 Å². The molecule has 2 N–H and O–H groups in total. The van der Waals surface area contributed by atoms with Gasteiger partial charge < -0.3 is 19.9 Å². The topological polar surface area (TPSA) is 63.6 Å². The quantitative estimate of drug-likeness (QED) is 0.766. The molecule has 0 saturated carbocycles. The van der Waals surface area contributed by atoms with Gasteiger partial charge in [0.05, 0.1) is 26.0 Å². The van der Waals surface area contributed by atoms with E-state index < -0.39 is 6.10 Å². The number of halogens is 2. The summed E-state index contributed by atoms with van der Waals surface area (Å²) in [6.45, 7) is 2.18. The number of methoxy groups -OCH3 is 2. The molecule has 2 heterocycles. The fraction of sp³-hybridized carbons (Fsp3) is 0.526. The largest absolute Gasteiger partial charge is 0.493 e. The summed E-state index contributed by atoms with van der Waals surface area (Å²) in [6.07, 6.45) is 5.36. The molecule has 5 nitrogen and oxygen atoms in total. The molecule has 1 saturated heterocycles. The molecule has 146 valence electrons. The van der Waals surface area contributed by atoms with Crippen molar-refractivity contribution in [2.24, 2.45) is 5.92 Å². The van der Waals surface area contributed by atoms with Crippen molar-refractivity contribution in [2.45, 2.75) is 31.8 Å². The van der Waals surface area contributed by atoms with Crippen LogP contribution in [0.15, 0.2) is 24.4 Å². The number of ether oxygens (including phenoxy) is 2. The summed E-state index contributed by atoms with van der Waals surface area (Å²) in [6, 6.07) is 5.77. The van der Waals surface area contributed by atoms with Crippen molar-refractivity contribution in [3.05, 3.63) is 30.1 Å². The normalized spacial score (nSPS) is 15.7. The lowest BCUT2D eigenvalue weighted by Crippen LogP contribution is -2.27. The molecular weight excluding hydrogens is 375 g/mol. The minimum atomic E-state index is -0.554. The molecule has 0 aliphatic carbocycles. The van der Waals surface area contributed by atoms with Crippen molar-refractivity contribution in [1.29, 1.82) is 0 Å². The first-order chi connectivity index (χ1) is 11.7. The second kappa shape index (κ2) is 10.8. The van der Waals surface area contributed by atoms with Crippen molar-refractivity contribution >= 4 is 35.6 Å². The van der Waals surface area contributed by atoms with Gasteiger partial charge in [-0.3, -0.25) is 4.98 Å². The maximum atomic E-state index is 10.7. The third kappa shape index (κ3) is 5.13. The van der Waals surface area contributed by atoms with Crippen LogP contribution in [0.2, 0.25) is 0 Å². The van der Waals surface area contributed by atoms with Crippen LogP contribution in [0.1, 0.15) is 37.5 Å². The van der Waals surface area contributed by atoms with Crippen molar-refractivity contribution in [1.82, 2.24) is 10.3 Å². The summed E-state index contributed by atoms with van der Waals surface area (Å²) in [4.78, 5) is 4.44. The molecule has 1 atom stereocenters. The van der Waals surface area contributed by atoms with Gasteiger partial charge in [-0.25, -0.2) is 0 Å². The number of fused-ring (bicyclic) bond motifs is 1. The highest BCUT2D eigenvalue weighted by molar-refractivity contribution is 5.88. The SMILES string of the molecule is COc1cc2ccnc(C(O)CCC3CCNCC3)c2cc1OC.Cl.Cl. The van der Waals surface area contributed by atoms with E-state index in [9.17, 15) is 5.11 Å². The fourth-order valence-electron chi connectivity index (χ4n) is 3.49. The molecule has 0 radical (unpaired) electrons. The smallest absolute Gasteiger partial charge is 0.161 e. The number of aromatic nitrogens is 1. The number of nitrogens with one attached hydrogen (secondary N) is 1. The third-order valence-electron chi connectivity index (χ3n) is 4.92. The maximum Gasteiger partial charge on any atom is 0.161 e. The molecule has 1 fully saturated rings. The zero-order chi connectivity index (χ0) is 16.9. The summed E-state index contributed by atoms with van der Waals surface area (Å²) >= 11 is 0. The summed E-state index contributed by atoms with van der Waals surface area (Å²) in [5.41, 5.74) is 0.724. The number of benzene rings is 1. The predicted molar refractivity (Wildman–Crippen MR) is 109 cm³/mol. The van der Waals surface area contributed by atoms with Crippen molar-refractivity contribution in [3.63, 3.8) is 0 Å². The van der Waals surface area contributed by atoms with Gasteiger partial charge in [-0.2, -0.15) is 0 Å². The Bertz CT molecular complexity index is 694. The van der Waals surface area contributed by atoms with Crippen molar-refractivity contribution < 1.29 is 14.6 Å². The lowest BCUT2D eigenvalue weighted by molar-refractivity contribution is 0.149. The summed E-state index contributed by atoms with van der Waals surface area (Å²) in [5.74, 6) is 2.04. The number of nitrogens with zero attached hydrogens (tertiary/aromatic N) is 1. The minimum Gasteiger partial charge on any atom is -0.493 e. The highest BCUT2D eigenvalue weighted by Gasteiger charge is 2.19. The van der Waals surface area contributed by atoms with Crippen LogP contribution in [0, 0.1) is 5.92 Å². The number of pyridine rings is 1. The van der Waals surface area contributed by atoms with Gasteiger partial charge in [0.1, 0.15) is 0 Å². The molecule has 7 heteroatoms. The van der Waals surface area contributed by atoms with E-state index in [1.807, 2.05) is 18.2 Å². The zero-order valence-corrected chi connectivity index (χ0v) is 16.9. The summed E-state index contributed by atoms with van der Waals surface area (Å²) in [5, 5.41) is 16.0. The number of hydrogen-bond donors (Lipinski definition) is 2. The third-order valence-corrected chi connectivity index (χ3v) is 4.92. The predicted octanol–water partition coefficient (Wildman–Crippen LogP) is 3.91. The Balaban J connectivity index is 0.00000169. The molecule has 2 aromatic rings. The summed E-state index contributed by atoms with van der Waals surface area (Å²) < 4.78 is 10.8. The van der Waals surface area contributed by atoms with E-state index in [-0.39, 0.29) is 24.8 Å². The zero-order valence-electron chi connectivity index (χ0n) is 15.2. The monoisotopic (exact) mass is 402 g/mol. The Labute approximate surface area is 167 Å². The van der Waals surface area contributed by atoms with E-state index >= 15 is 0 Å². The first kappa shape index (κ1) is 22.8. The van der Waals surface area contributed by atoms with Crippen molar-refractivity contribution in [3.8, 4) is 11.5 Å². The number of rotatable bonds is 6. The first-order valence-corrected chi connectivity index (χ1v) is 8.62. The van der Waals surface area contributed by atoms with Gasteiger partial charge in [-0.1, -0.05) is 0 Å². The van der Waals surface area contributed by atoms with E-state index in [1.165, 1.54) is 12.8 Å². The van der Waals surface area contributed by atoms with Gasteiger partial charge >= 0.3 is 0 Å². The Morgan fingerprint density at radius 3 is 2.46 bits per heavy atom. The average Bonchev–Trinajstić information content (AvgIpc) is 2.65. The van der Waals surface area contributed by atoms with Crippen LogP contribution in [0.3, 0.4) is 0 Å². The van der Waals surface area contributed by atoms with Gasteiger partial charge in [0, 0.05) is 11.6 Å². The van der Waals surface area contributed by atoms with Crippen LogP contribution in [0.5, 0.6) is 11.5 Å². The van der Waals surface area contributed by atoms with Crippen LogP contribution in [0.4, 0.5) is 0 Å². The Kier molecular flexibility index (Phi) is 9.44.